The van der Waals surface area contributed by atoms with Crippen LogP contribution in [0.4, 0.5) is 10.1 Å². The summed E-state index contributed by atoms with van der Waals surface area (Å²) < 4.78 is 31.0. The minimum atomic E-state index is -0.335. The number of amidine groups is 1. The quantitative estimate of drug-likeness (QED) is 0.366. The van der Waals surface area contributed by atoms with Gasteiger partial charge in [0.2, 0.25) is 0 Å². The molecule has 9 heteroatoms. The van der Waals surface area contributed by atoms with Gasteiger partial charge >= 0.3 is 0 Å². The van der Waals surface area contributed by atoms with E-state index in [4.69, 9.17) is 14.2 Å². The second kappa shape index (κ2) is 10.8. The summed E-state index contributed by atoms with van der Waals surface area (Å²) in [7, 11) is 3.12. The Morgan fingerprint density at radius 2 is 1.82 bits per heavy atom. The molecule has 1 aliphatic heterocycles. The number of carbonyl (C=O) groups is 1. The molecule has 0 unspecified atom stereocenters. The first-order valence-electron chi connectivity index (χ1n) is 10.1. The van der Waals surface area contributed by atoms with Gasteiger partial charge in [-0.1, -0.05) is 34.1 Å². The maximum atomic E-state index is 13.9. The molecule has 6 nitrogen and oxygen atoms in total. The largest absolute Gasteiger partial charge is 0.497 e. The lowest BCUT2D eigenvalue weighted by atomic mass is 10.1. The maximum Gasteiger partial charge on any atom is 0.264 e. The molecule has 1 N–H and O–H groups in total. The van der Waals surface area contributed by atoms with Crippen LogP contribution < -0.4 is 19.5 Å². The van der Waals surface area contributed by atoms with Crippen molar-refractivity contribution in [2.24, 2.45) is 4.99 Å². The molecule has 0 atom stereocenters. The normalized spacial score (nSPS) is 15.5. The lowest BCUT2D eigenvalue weighted by Gasteiger charge is -2.13. The molecule has 1 amide bonds. The van der Waals surface area contributed by atoms with Gasteiger partial charge in [0, 0.05) is 10.0 Å². The zero-order chi connectivity index (χ0) is 24.1. The monoisotopic (exact) mass is 542 g/mol. The van der Waals surface area contributed by atoms with E-state index < -0.39 is 0 Å². The van der Waals surface area contributed by atoms with Crippen LogP contribution in [-0.2, 0) is 11.4 Å². The SMILES string of the molecule is COc1ccc(N=C2NC(=O)/C(=C\c3cc(OC)c(OCc4ccccc4F)cc3Br)S2)cc1. The highest BCUT2D eigenvalue weighted by Gasteiger charge is 2.24. The number of methoxy groups -OCH3 is 2. The first kappa shape index (κ1) is 23.8. The van der Waals surface area contributed by atoms with Crippen molar-refractivity contribution in [2.75, 3.05) is 14.2 Å². The number of nitrogens with zero attached hydrogens (tertiary/aromatic N) is 1. The van der Waals surface area contributed by atoms with Crippen molar-refractivity contribution in [2.45, 2.75) is 6.61 Å². The molecule has 3 aromatic carbocycles. The molecular weight excluding hydrogens is 523 g/mol. The molecule has 0 saturated carbocycles. The lowest BCUT2D eigenvalue weighted by molar-refractivity contribution is -0.115. The average Bonchev–Trinajstić information content (AvgIpc) is 3.18. The topological polar surface area (TPSA) is 69.2 Å². The number of aliphatic imine (C=N–C) groups is 1. The Labute approximate surface area is 209 Å². The van der Waals surface area contributed by atoms with E-state index in [0.29, 0.717) is 37.3 Å². The smallest absolute Gasteiger partial charge is 0.264 e. The minimum Gasteiger partial charge on any atom is -0.497 e. The number of carbonyl (C=O) groups excluding carboxylic acids is 1. The van der Waals surface area contributed by atoms with E-state index in [1.165, 1.54) is 24.9 Å². The molecule has 0 aromatic heterocycles. The van der Waals surface area contributed by atoms with Gasteiger partial charge in [-0.05, 0) is 65.9 Å². The van der Waals surface area contributed by atoms with Crippen LogP contribution >= 0.6 is 27.7 Å². The number of ether oxygens (including phenoxy) is 3. The van der Waals surface area contributed by atoms with E-state index in [9.17, 15) is 9.18 Å². The van der Waals surface area contributed by atoms with Crippen molar-refractivity contribution in [3.05, 3.63) is 87.0 Å². The summed E-state index contributed by atoms with van der Waals surface area (Å²) in [6, 6.07) is 17.1. The second-order valence-corrected chi connectivity index (χ2v) is 8.97. The van der Waals surface area contributed by atoms with Crippen molar-refractivity contribution in [1.29, 1.82) is 0 Å². The number of amides is 1. The van der Waals surface area contributed by atoms with Gasteiger partial charge in [-0.15, -0.1) is 0 Å². The number of hydrogen-bond donors (Lipinski definition) is 1. The van der Waals surface area contributed by atoms with Crippen LogP contribution in [0.2, 0.25) is 0 Å². The zero-order valence-electron chi connectivity index (χ0n) is 18.3. The number of rotatable bonds is 7. The van der Waals surface area contributed by atoms with Gasteiger partial charge in [0.05, 0.1) is 24.8 Å². The third kappa shape index (κ3) is 5.60. The van der Waals surface area contributed by atoms with Gasteiger partial charge in [0.15, 0.2) is 16.7 Å². The minimum absolute atomic E-state index is 0.0549. The third-order valence-electron chi connectivity index (χ3n) is 4.86. The summed E-state index contributed by atoms with van der Waals surface area (Å²) >= 11 is 4.76. The molecule has 1 heterocycles. The maximum absolute atomic E-state index is 13.9. The number of thioether (sulfide) groups is 1. The highest BCUT2D eigenvalue weighted by Crippen LogP contribution is 2.37. The van der Waals surface area contributed by atoms with Crippen molar-refractivity contribution in [3.8, 4) is 17.2 Å². The van der Waals surface area contributed by atoms with Crippen molar-refractivity contribution in [1.82, 2.24) is 5.32 Å². The Hall–Kier alpha value is -3.30. The van der Waals surface area contributed by atoms with Gasteiger partial charge < -0.3 is 19.5 Å². The summed E-state index contributed by atoms with van der Waals surface area (Å²) in [6.45, 7) is 0.0549. The van der Waals surface area contributed by atoms with Crippen molar-refractivity contribution >= 4 is 50.5 Å². The number of nitrogens with one attached hydrogen (secondary N) is 1. The molecular formula is C25H20BrFN2O4S. The molecule has 1 fully saturated rings. The third-order valence-corrected chi connectivity index (χ3v) is 6.46. The number of halogens is 2. The number of hydrogen-bond acceptors (Lipinski definition) is 6. The fraction of sp³-hybridized carbons (Fsp3) is 0.120. The first-order valence-corrected chi connectivity index (χ1v) is 11.7. The van der Waals surface area contributed by atoms with Crippen molar-refractivity contribution in [3.63, 3.8) is 0 Å². The van der Waals surface area contributed by atoms with Gasteiger partial charge in [-0.25, -0.2) is 9.38 Å². The van der Waals surface area contributed by atoms with Crippen LogP contribution in [0.15, 0.2) is 75.0 Å². The van der Waals surface area contributed by atoms with Crippen LogP contribution in [0.3, 0.4) is 0 Å². The van der Waals surface area contributed by atoms with Crippen LogP contribution in [0.1, 0.15) is 11.1 Å². The van der Waals surface area contributed by atoms with E-state index >= 15 is 0 Å². The summed E-state index contributed by atoms with van der Waals surface area (Å²) in [5, 5.41) is 3.25. The van der Waals surface area contributed by atoms with E-state index in [2.05, 4.69) is 26.2 Å². The van der Waals surface area contributed by atoms with Gasteiger partial charge in [0.25, 0.3) is 5.91 Å². The van der Waals surface area contributed by atoms with Gasteiger partial charge in [-0.3, -0.25) is 4.79 Å². The Kier molecular flexibility index (Phi) is 7.54. The molecule has 0 bridgehead atoms. The van der Waals surface area contributed by atoms with E-state index in [0.717, 1.165) is 11.3 Å². The average molecular weight is 543 g/mol. The molecule has 1 aliphatic rings. The molecule has 174 valence electrons. The molecule has 4 rings (SSSR count). The fourth-order valence-corrected chi connectivity index (χ4v) is 4.37. The number of benzene rings is 3. The summed E-state index contributed by atoms with van der Waals surface area (Å²) in [6.07, 6.45) is 1.74. The summed E-state index contributed by atoms with van der Waals surface area (Å²) in [5.74, 6) is 1.06. The molecule has 3 aromatic rings. The second-order valence-electron chi connectivity index (χ2n) is 7.08. The predicted molar refractivity (Wildman–Crippen MR) is 135 cm³/mol. The van der Waals surface area contributed by atoms with Crippen molar-refractivity contribution < 1.29 is 23.4 Å². The van der Waals surface area contributed by atoms with Crippen LogP contribution in [-0.4, -0.2) is 25.3 Å². The highest BCUT2D eigenvalue weighted by molar-refractivity contribution is 9.10. The molecule has 34 heavy (non-hydrogen) atoms. The van der Waals surface area contributed by atoms with Gasteiger partial charge in [-0.2, -0.15) is 0 Å². The Balaban J connectivity index is 1.53. The predicted octanol–water partition coefficient (Wildman–Crippen LogP) is 6.08. The van der Waals surface area contributed by atoms with E-state index in [1.54, 1.807) is 55.7 Å². The van der Waals surface area contributed by atoms with Crippen LogP contribution in [0.25, 0.3) is 6.08 Å². The Morgan fingerprint density at radius 1 is 1.06 bits per heavy atom. The summed E-state index contributed by atoms with van der Waals surface area (Å²) in [5.41, 5.74) is 1.86. The molecule has 0 radical (unpaired) electrons. The highest BCUT2D eigenvalue weighted by atomic mass is 79.9. The van der Waals surface area contributed by atoms with Crippen LogP contribution in [0, 0.1) is 5.82 Å². The zero-order valence-corrected chi connectivity index (χ0v) is 20.7. The Morgan fingerprint density at radius 3 is 2.53 bits per heavy atom. The van der Waals surface area contributed by atoms with E-state index in [-0.39, 0.29) is 18.3 Å². The summed E-state index contributed by atoms with van der Waals surface area (Å²) in [4.78, 5) is 17.4. The molecule has 0 aliphatic carbocycles. The molecule has 1 saturated heterocycles. The lowest BCUT2D eigenvalue weighted by Crippen LogP contribution is -2.19. The fourth-order valence-electron chi connectivity index (χ4n) is 3.10. The first-order chi connectivity index (χ1) is 16.5. The molecule has 0 spiro atoms. The Bertz CT molecular complexity index is 1280. The van der Waals surface area contributed by atoms with E-state index in [1.807, 2.05) is 12.1 Å². The van der Waals surface area contributed by atoms with Crippen LogP contribution in [0.5, 0.6) is 17.2 Å². The van der Waals surface area contributed by atoms with Gasteiger partial charge in [0.1, 0.15) is 18.2 Å². The standard InChI is InChI=1S/C25H20BrFN2O4S/c1-31-18-9-7-17(8-10-18)28-25-29-24(30)23(34-25)12-16-11-21(32-2)22(13-19(16)26)33-14-15-5-3-4-6-20(15)27/h3-13H,14H2,1-2H3,(H,28,29,30)/b23-12+.